The van der Waals surface area contributed by atoms with Gasteiger partial charge < -0.3 is 14.3 Å². The number of H-pyrrole nitrogens is 1. The van der Waals surface area contributed by atoms with Gasteiger partial charge in [-0.25, -0.2) is 9.97 Å². The SMILES string of the molecule is COCCn1c(-c2nc(C(=O)Nc3nc4ccccc4[nH]3)cs2)cc2ccccc21. The van der Waals surface area contributed by atoms with Crippen molar-refractivity contribution < 1.29 is 9.53 Å². The lowest BCUT2D eigenvalue weighted by Gasteiger charge is -2.08. The summed E-state index contributed by atoms with van der Waals surface area (Å²) in [5.41, 5.74) is 4.12. The van der Waals surface area contributed by atoms with Crippen molar-refractivity contribution in [2.45, 2.75) is 6.54 Å². The van der Waals surface area contributed by atoms with E-state index in [0.29, 0.717) is 24.8 Å². The van der Waals surface area contributed by atoms with Crippen molar-refractivity contribution in [3.8, 4) is 10.7 Å². The fraction of sp³-hybridized carbons (Fsp3) is 0.136. The standard InChI is InChI=1S/C22H19N5O2S/c1-29-11-10-27-18-9-5-2-6-14(18)12-19(27)21-23-17(13-30-21)20(28)26-22-24-15-7-3-4-8-16(15)25-22/h2-9,12-13H,10-11H2,1H3,(H2,24,25,26,28). The number of anilines is 1. The van der Waals surface area contributed by atoms with Crippen LogP contribution in [0.1, 0.15) is 10.5 Å². The number of aromatic nitrogens is 4. The summed E-state index contributed by atoms with van der Waals surface area (Å²) in [6.45, 7) is 1.30. The lowest BCUT2D eigenvalue weighted by molar-refractivity contribution is 0.102. The number of thiazole rings is 1. The van der Waals surface area contributed by atoms with Crippen LogP contribution in [-0.4, -0.2) is 39.1 Å². The van der Waals surface area contributed by atoms with Gasteiger partial charge in [-0.15, -0.1) is 11.3 Å². The summed E-state index contributed by atoms with van der Waals surface area (Å²) >= 11 is 1.45. The fourth-order valence-electron chi connectivity index (χ4n) is 3.49. The second-order valence-corrected chi connectivity index (χ2v) is 7.69. The topological polar surface area (TPSA) is 84.8 Å². The minimum absolute atomic E-state index is 0.295. The predicted octanol–water partition coefficient (Wildman–Crippen LogP) is 4.54. The Bertz CT molecular complexity index is 1320. The van der Waals surface area contributed by atoms with Crippen LogP contribution in [0.15, 0.2) is 60.0 Å². The maximum atomic E-state index is 12.7. The van der Waals surface area contributed by atoms with Gasteiger partial charge >= 0.3 is 0 Å². The van der Waals surface area contributed by atoms with Crippen LogP contribution in [0.4, 0.5) is 5.95 Å². The van der Waals surface area contributed by atoms with Crippen LogP contribution in [0.3, 0.4) is 0 Å². The highest BCUT2D eigenvalue weighted by Gasteiger charge is 2.17. The van der Waals surface area contributed by atoms with Gasteiger partial charge in [0, 0.05) is 29.9 Å². The first kappa shape index (κ1) is 18.5. The molecule has 2 aromatic carbocycles. The number of hydrogen-bond acceptors (Lipinski definition) is 5. The van der Waals surface area contributed by atoms with Crippen molar-refractivity contribution in [2.24, 2.45) is 0 Å². The Balaban J connectivity index is 1.44. The average Bonchev–Trinajstić information content (AvgIpc) is 3.48. The molecule has 0 saturated carbocycles. The van der Waals surface area contributed by atoms with E-state index in [2.05, 4.69) is 43.0 Å². The molecular formula is C22H19N5O2S. The van der Waals surface area contributed by atoms with Crippen molar-refractivity contribution in [3.63, 3.8) is 0 Å². The molecule has 0 spiro atoms. The highest BCUT2D eigenvalue weighted by Crippen LogP contribution is 2.30. The number of para-hydroxylation sites is 3. The summed E-state index contributed by atoms with van der Waals surface area (Å²) in [4.78, 5) is 24.8. The first-order valence-corrected chi connectivity index (χ1v) is 10.4. The van der Waals surface area contributed by atoms with Gasteiger partial charge in [0.05, 0.1) is 23.3 Å². The van der Waals surface area contributed by atoms with Crippen LogP contribution in [0.5, 0.6) is 0 Å². The molecule has 3 aromatic heterocycles. The van der Waals surface area contributed by atoms with Crippen LogP contribution in [-0.2, 0) is 11.3 Å². The van der Waals surface area contributed by atoms with E-state index in [0.717, 1.165) is 32.6 Å². The number of nitrogens with zero attached hydrogens (tertiary/aromatic N) is 3. The Labute approximate surface area is 176 Å². The molecule has 7 nitrogen and oxygen atoms in total. The Kier molecular flexibility index (Phi) is 4.78. The van der Waals surface area contributed by atoms with Crippen molar-refractivity contribution in [1.82, 2.24) is 19.5 Å². The molecule has 0 saturated heterocycles. The number of carbonyl (C=O) groups is 1. The minimum Gasteiger partial charge on any atom is -0.383 e. The minimum atomic E-state index is -0.295. The summed E-state index contributed by atoms with van der Waals surface area (Å²) in [5, 5.41) is 6.49. The largest absolute Gasteiger partial charge is 0.383 e. The molecular weight excluding hydrogens is 398 g/mol. The normalized spacial score (nSPS) is 11.4. The highest BCUT2D eigenvalue weighted by atomic mass is 32.1. The van der Waals surface area contributed by atoms with Crippen LogP contribution in [0.25, 0.3) is 32.6 Å². The van der Waals surface area contributed by atoms with E-state index in [9.17, 15) is 4.79 Å². The van der Waals surface area contributed by atoms with Gasteiger partial charge in [0.2, 0.25) is 5.95 Å². The van der Waals surface area contributed by atoms with Gasteiger partial charge in [-0.1, -0.05) is 30.3 Å². The van der Waals surface area contributed by atoms with Gasteiger partial charge in [-0.05, 0) is 24.3 Å². The third-order valence-electron chi connectivity index (χ3n) is 4.91. The van der Waals surface area contributed by atoms with E-state index >= 15 is 0 Å². The molecule has 1 amide bonds. The Morgan fingerprint density at radius 2 is 2.00 bits per heavy atom. The zero-order valence-electron chi connectivity index (χ0n) is 16.3. The van der Waals surface area contributed by atoms with Crippen LogP contribution in [0.2, 0.25) is 0 Å². The number of rotatable bonds is 6. The average molecular weight is 417 g/mol. The summed E-state index contributed by atoms with van der Waals surface area (Å²) < 4.78 is 7.46. The number of imidazole rings is 1. The lowest BCUT2D eigenvalue weighted by Crippen LogP contribution is -2.13. The van der Waals surface area contributed by atoms with Crippen molar-refractivity contribution in [1.29, 1.82) is 0 Å². The maximum Gasteiger partial charge on any atom is 0.277 e. The first-order chi connectivity index (χ1) is 14.7. The molecule has 8 heteroatoms. The van der Waals surface area contributed by atoms with E-state index in [4.69, 9.17) is 4.74 Å². The van der Waals surface area contributed by atoms with E-state index in [1.54, 1.807) is 12.5 Å². The van der Waals surface area contributed by atoms with E-state index < -0.39 is 0 Å². The molecule has 0 aliphatic heterocycles. The number of carbonyl (C=O) groups excluding carboxylic acids is 1. The number of aromatic amines is 1. The first-order valence-electron chi connectivity index (χ1n) is 9.52. The van der Waals surface area contributed by atoms with Gasteiger partial charge in [-0.2, -0.15) is 0 Å². The van der Waals surface area contributed by atoms with Crippen LogP contribution < -0.4 is 5.32 Å². The molecule has 0 atom stereocenters. The number of fused-ring (bicyclic) bond motifs is 2. The predicted molar refractivity (Wildman–Crippen MR) is 119 cm³/mol. The third-order valence-corrected chi connectivity index (χ3v) is 5.77. The third kappa shape index (κ3) is 3.36. The fourth-order valence-corrected chi connectivity index (χ4v) is 4.31. The Hall–Kier alpha value is -3.49. The Morgan fingerprint density at radius 3 is 2.87 bits per heavy atom. The summed E-state index contributed by atoms with van der Waals surface area (Å²) in [6.07, 6.45) is 0. The van der Waals surface area contributed by atoms with Gasteiger partial charge in [-0.3, -0.25) is 10.1 Å². The summed E-state index contributed by atoms with van der Waals surface area (Å²) in [7, 11) is 1.69. The monoisotopic (exact) mass is 417 g/mol. The summed E-state index contributed by atoms with van der Waals surface area (Å²) in [5.74, 6) is 0.112. The van der Waals surface area contributed by atoms with Gasteiger partial charge in [0.15, 0.2) is 0 Å². The molecule has 0 radical (unpaired) electrons. The molecule has 5 rings (SSSR count). The van der Waals surface area contributed by atoms with E-state index in [1.807, 2.05) is 36.4 Å². The molecule has 5 aromatic rings. The molecule has 0 aliphatic carbocycles. The highest BCUT2D eigenvalue weighted by molar-refractivity contribution is 7.13. The number of amides is 1. The molecule has 0 aliphatic rings. The number of ether oxygens (including phenoxy) is 1. The molecule has 30 heavy (non-hydrogen) atoms. The molecule has 150 valence electrons. The Morgan fingerprint density at radius 1 is 1.17 bits per heavy atom. The lowest BCUT2D eigenvalue weighted by atomic mass is 10.2. The van der Waals surface area contributed by atoms with Gasteiger partial charge in [0.1, 0.15) is 10.7 Å². The van der Waals surface area contributed by atoms with Crippen molar-refractivity contribution in [3.05, 3.63) is 65.7 Å². The van der Waals surface area contributed by atoms with Gasteiger partial charge in [0.25, 0.3) is 5.91 Å². The van der Waals surface area contributed by atoms with E-state index in [-0.39, 0.29) is 5.91 Å². The maximum absolute atomic E-state index is 12.7. The quantitative estimate of drug-likeness (QED) is 0.425. The smallest absolute Gasteiger partial charge is 0.277 e. The second kappa shape index (κ2) is 7.74. The zero-order chi connectivity index (χ0) is 20.5. The molecule has 3 heterocycles. The molecule has 0 unspecified atom stereocenters. The molecule has 2 N–H and O–H groups in total. The molecule has 0 bridgehead atoms. The second-order valence-electron chi connectivity index (χ2n) is 6.83. The van der Waals surface area contributed by atoms with Crippen LogP contribution >= 0.6 is 11.3 Å². The van der Waals surface area contributed by atoms with E-state index in [1.165, 1.54) is 11.3 Å². The zero-order valence-corrected chi connectivity index (χ0v) is 17.1. The number of methoxy groups -OCH3 is 1. The summed E-state index contributed by atoms with van der Waals surface area (Å²) in [6, 6.07) is 17.9. The number of nitrogens with one attached hydrogen (secondary N) is 2. The van der Waals surface area contributed by atoms with Crippen molar-refractivity contribution >= 4 is 45.1 Å². The molecule has 0 fully saturated rings. The number of hydrogen-bond donors (Lipinski definition) is 2. The van der Waals surface area contributed by atoms with Crippen LogP contribution in [0, 0.1) is 0 Å². The van der Waals surface area contributed by atoms with Crippen molar-refractivity contribution in [2.75, 3.05) is 19.0 Å². The number of benzene rings is 2.